The Morgan fingerprint density at radius 3 is 2.72 bits per heavy atom. The first-order valence-electron chi connectivity index (χ1n) is 9.57. The molecule has 6 nitrogen and oxygen atoms in total. The SMILES string of the molecule is C[C@H]1CCCCN1CCCNc1cnn(-c2ccc(C(F)(F)F)cn2)c(=O)c1Cl. The zero-order chi connectivity index (χ0) is 21.0. The van der Waals surface area contributed by atoms with Gasteiger partial charge in [-0.2, -0.15) is 23.0 Å². The highest BCUT2D eigenvalue weighted by Gasteiger charge is 2.30. The Kier molecular flexibility index (Phi) is 6.79. The Morgan fingerprint density at radius 2 is 2.07 bits per heavy atom. The molecule has 0 amide bonds. The molecule has 3 rings (SSSR count). The number of rotatable bonds is 6. The summed E-state index contributed by atoms with van der Waals surface area (Å²) in [6.07, 6.45) is 2.16. The Labute approximate surface area is 171 Å². The first-order valence-corrected chi connectivity index (χ1v) is 9.94. The average molecular weight is 430 g/mol. The highest BCUT2D eigenvalue weighted by atomic mass is 35.5. The smallest absolute Gasteiger partial charge is 0.382 e. The second-order valence-corrected chi connectivity index (χ2v) is 7.53. The first kappa shape index (κ1) is 21.6. The quantitative estimate of drug-likeness (QED) is 0.704. The van der Waals surface area contributed by atoms with E-state index < -0.39 is 17.3 Å². The molecule has 158 valence electrons. The lowest BCUT2D eigenvalue weighted by Gasteiger charge is -2.33. The molecule has 0 aliphatic carbocycles. The van der Waals surface area contributed by atoms with Crippen LogP contribution in [0.4, 0.5) is 18.9 Å². The van der Waals surface area contributed by atoms with Crippen LogP contribution in [0.2, 0.25) is 5.02 Å². The minimum atomic E-state index is -4.50. The van der Waals surface area contributed by atoms with Crippen LogP contribution in [0.1, 0.15) is 38.2 Å². The standard InChI is InChI=1S/C19H23ClF3N5O/c1-13-5-2-3-9-27(13)10-4-8-24-15-12-26-28(18(29)17(15)20)16-7-6-14(11-25-16)19(21,22)23/h6-7,11-13,24H,2-5,8-10H2,1H3/t13-/m0/s1. The van der Waals surface area contributed by atoms with Crippen molar-refractivity contribution in [2.45, 2.75) is 44.8 Å². The van der Waals surface area contributed by atoms with Crippen molar-refractivity contribution in [1.82, 2.24) is 19.7 Å². The van der Waals surface area contributed by atoms with Crippen molar-refractivity contribution in [1.29, 1.82) is 0 Å². The number of alkyl halides is 3. The van der Waals surface area contributed by atoms with Crippen molar-refractivity contribution >= 4 is 17.3 Å². The van der Waals surface area contributed by atoms with Gasteiger partial charge in [0.25, 0.3) is 5.56 Å². The third-order valence-corrected chi connectivity index (χ3v) is 5.45. The van der Waals surface area contributed by atoms with E-state index in [9.17, 15) is 18.0 Å². The minimum Gasteiger partial charge on any atom is -0.382 e. The maximum Gasteiger partial charge on any atom is 0.417 e. The predicted octanol–water partition coefficient (Wildman–Crippen LogP) is 3.98. The van der Waals surface area contributed by atoms with Crippen LogP contribution < -0.4 is 10.9 Å². The van der Waals surface area contributed by atoms with Gasteiger partial charge in [-0.1, -0.05) is 18.0 Å². The summed E-state index contributed by atoms with van der Waals surface area (Å²) in [6.45, 7) is 4.94. The van der Waals surface area contributed by atoms with Gasteiger partial charge in [0.1, 0.15) is 5.02 Å². The van der Waals surface area contributed by atoms with Crippen LogP contribution in [0.25, 0.3) is 5.82 Å². The monoisotopic (exact) mass is 429 g/mol. The molecule has 1 N–H and O–H groups in total. The van der Waals surface area contributed by atoms with E-state index in [4.69, 9.17) is 11.6 Å². The van der Waals surface area contributed by atoms with Crippen LogP contribution in [-0.2, 0) is 6.18 Å². The van der Waals surface area contributed by atoms with Gasteiger partial charge >= 0.3 is 6.18 Å². The molecule has 1 aliphatic heterocycles. The molecule has 0 spiro atoms. The van der Waals surface area contributed by atoms with Gasteiger partial charge in [-0.25, -0.2) is 4.98 Å². The number of likely N-dealkylation sites (tertiary alicyclic amines) is 1. The number of halogens is 4. The van der Waals surface area contributed by atoms with Crippen molar-refractivity contribution in [3.05, 3.63) is 45.5 Å². The summed E-state index contributed by atoms with van der Waals surface area (Å²) in [4.78, 5) is 18.6. The molecule has 1 atom stereocenters. The first-order chi connectivity index (χ1) is 13.8. The largest absolute Gasteiger partial charge is 0.417 e. The van der Waals surface area contributed by atoms with Crippen LogP contribution in [0.3, 0.4) is 0 Å². The average Bonchev–Trinajstić information content (AvgIpc) is 2.69. The molecule has 0 aromatic carbocycles. The Morgan fingerprint density at radius 1 is 1.28 bits per heavy atom. The summed E-state index contributed by atoms with van der Waals surface area (Å²) < 4.78 is 38.8. The summed E-state index contributed by atoms with van der Waals surface area (Å²) in [6, 6.07) is 2.52. The van der Waals surface area contributed by atoms with Gasteiger partial charge in [-0.15, -0.1) is 0 Å². The van der Waals surface area contributed by atoms with Gasteiger partial charge in [0, 0.05) is 25.3 Å². The number of hydrogen-bond acceptors (Lipinski definition) is 5. The molecule has 0 saturated carbocycles. The molecular weight excluding hydrogens is 407 g/mol. The molecule has 0 unspecified atom stereocenters. The third kappa shape index (κ3) is 5.27. The van der Waals surface area contributed by atoms with E-state index in [1.807, 2.05) is 0 Å². The van der Waals surface area contributed by atoms with Crippen LogP contribution in [0.5, 0.6) is 0 Å². The zero-order valence-corrected chi connectivity index (χ0v) is 16.8. The number of nitrogens with one attached hydrogen (secondary N) is 1. The third-order valence-electron chi connectivity index (χ3n) is 5.09. The summed E-state index contributed by atoms with van der Waals surface area (Å²) in [7, 11) is 0. The lowest BCUT2D eigenvalue weighted by molar-refractivity contribution is -0.137. The molecule has 1 aliphatic rings. The highest BCUT2D eigenvalue weighted by molar-refractivity contribution is 6.32. The van der Waals surface area contributed by atoms with E-state index in [0.717, 1.165) is 36.3 Å². The Hall–Kier alpha value is -2.13. The van der Waals surface area contributed by atoms with E-state index in [1.54, 1.807) is 0 Å². The van der Waals surface area contributed by atoms with Crippen LogP contribution >= 0.6 is 11.6 Å². The fraction of sp³-hybridized carbons (Fsp3) is 0.526. The molecule has 29 heavy (non-hydrogen) atoms. The molecule has 0 bridgehead atoms. The second-order valence-electron chi connectivity index (χ2n) is 7.15. The van der Waals surface area contributed by atoms with Crippen molar-refractivity contribution in [3.8, 4) is 5.82 Å². The number of pyridine rings is 1. The van der Waals surface area contributed by atoms with E-state index in [2.05, 4.69) is 27.2 Å². The van der Waals surface area contributed by atoms with Crippen LogP contribution in [0.15, 0.2) is 29.3 Å². The molecule has 2 aromatic heterocycles. The maximum atomic E-state index is 12.6. The Balaban J connectivity index is 1.62. The fourth-order valence-corrected chi connectivity index (χ4v) is 3.59. The molecular formula is C19H23ClF3N5O. The molecule has 3 heterocycles. The van der Waals surface area contributed by atoms with E-state index in [0.29, 0.717) is 24.5 Å². The molecule has 0 radical (unpaired) electrons. The van der Waals surface area contributed by atoms with Gasteiger partial charge in [-0.3, -0.25) is 4.79 Å². The van der Waals surface area contributed by atoms with Gasteiger partial charge in [-0.05, 0) is 44.9 Å². The van der Waals surface area contributed by atoms with Crippen LogP contribution in [-0.4, -0.2) is 45.3 Å². The summed E-state index contributed by atoms with van der Waals surface area (Å²) >= 11 is 6.15. The number of aromatic nitrogens is 3. The van der Waals surface area contributed by atoms with Gasteiger partial charge in [0.05, 0.1) is 17.4 Å². The molecule has 10 heteroatoms. The molecule has 2 aromatic rings. The van der Waals surface area contributed by atoms with Gasteiger partial charge < -0.3 is 10.2 Å². The summed E-state index contributed by atoms with van der Waals surface area (Å²) in [5.74, 6) is -0.0319. The zero-order valence-electron chi connectivity index (χ0n) is 16.0. The van der Waals surface area contributed by atoms with Crippen molar-refractivity contribution in [2.75, 3.05) is 25.0 Å². The minimum absolute atomic E-state index is 0.0319. The number of anilines is 1. The van der Waals surface area contributed by atoms with Crippen LogP contribution in [0, 0.1) is 0 Å². The highest BCUT2D eigenvalue weighted by Crippen LogP contribution is 2.28. The van der Waals surface area contributed by atoms with E-state index in [-0.39, 0.29) is 10.8 Å². The number of hydrogen-bond donors (Lipinski definition) is 1. The topological polar surface area (TPSA) is 63.1 Å². The summed E-state index contributed by atoms with van der Waals surface area (Å²) in [5, 5.41) is 7.02. The van der Waals surface area contributed by atoms with Gasteiger partial charge in [0.15, 0.2) is 5.82 Å². The second kappa shape index (κ2) is 9.13. The molecule has 1 fully saturated rings. The predicted molar refractivity (Wildman–Crippen MR) is 106 cm³/mol. The van der Waals surface area contributed by atoms with Crippen molar-refractivity contribution in [3.63, 3.8) is 0 Å². The lowest BCUT2D eigenvalue weighted by atomic mass is 10.0. The van der Waals surface area contributed by atoms with Gasteiger partial charge in [0.2, 0.25) is 0 Å². The maximum absolute atomic E-state index is 12.6. The van der Waals surface area contributed by atoms with E-state index in [1.165, 1.54) is 25.5 Å². The Bertz CT molecular complexity index is 885. The fourth-order valence-electron chi connectivity index (χ4n) is 3.39. The number of nitrogens with zero attached hydrogens (tertiary/aromatic N) is 4. The van der Waals surface area contributed by atoms with E-state index >= 15 is 0 Å². The number of piperidine rings is 1. The summed E-state index contributed by atoms with van der Waals surface area (Å²) in [5.41, 5.74) is -1.15. The molecule has 1 saturated heterocycles. The normalized spacial score (nSPS) is 18.0. The van der Waals surface area contributed by atoms with Crippen molar-refractivity contribution < 1.29 is 13.2 Å². The lowest BCUT2D eigenvalue weighted by Crippen LogP contribution is -2.38. The van der Waals surface area contributed by atoms with Crippen molar-refractivity contribution in [2.24, 2.45) is 0 Å².